The summed E-state index contributed by atoms with van der Waals surface area (Å²) in [5, 5.41) is 1.95. The fourth-order valence-corrected chi connectivity index (χ4v) is 2.46. The van der Waals surface area contributed by atoms with Crippen molar-refractivity contribution in [3.63, 3.8) is 0 Å². The van der Waals surface area contributed by atoms with Crippen molar-refractivity contribution in [3.05, 3.63) is 11.1 Å². The van der Waals surface area contributed by atoms with Gasteiger partial charge in [0.15, 0.2) is 5.13 Å². The highest BCUT2D eigenvalue weighted by atomic mass is 32.1. The topological polar surface area (TPSA) is 85.5 Å². The third-order valence-corrected chi connectivity index (χ3v) is 3.40. The van der Waals surface area contributed by atoms with Crippen LogP contribution in [0.2, 0.25) is 0 Å². The predicted octanol–water partition coefficient (Wildman–Crippen LogP) is 0.503. The first kappa shape index (κ1) is 11.8. The maximum Gasteiger partial charge on any atom is 0.328 e. The van der Waals surface area contributed by atoms with Crippen molar-refractivity contribution < 1.29 is 14.3 Å². The van der Waals surface area contributed by atoms with Gasteiger partial charge in [-0.15, -0.1) is 11.3 Å². The Hall–Kier alpha value is -1.63. The number of amides is 1. The van der Waals surface area contributed by atoms with E-state index in [9.17, 15) is 9.59 Å². The number of nitrogen functional groups attached to an aromatic ring is 1. The van der Waals surface area contributed by atoms with Crippen LogP contribution in [-0.4, -0.2) is 41.5 Å². The predicted molar refractivity (Wildman–Crippen MR) is 62.6 cm³/mol. The van der Waals surface area contributed by atoms with E-state index in [1.807, 2.05) is 0 Å². The van der Waals surface area contributed by atoms with Crippen molar-refractivity contribution in [1.82, 2.24) is 9.88 Å². The van der Waals surface area contributed by atoms with Gasteiger partial charge in [-0.25, -0.2) is 9.78 Å². The number of nitrogens with two attached hydrogens (primary N) is 1. The Kier molecular flexibility index (Phi) is 3.28. The summed E-state index contributed by atoms with van der Waals surface area (Å²) in [6.07, 6.45) is 1.43. The normalized spacial score (nSPS) is 19.4. The summed E-state index contributed by atoms with van der Waals surface area (Å²) in [6, 6.07) is -0.490. The molecule has 2 N–H and O–H groups in total. The second-order valence-corrected chi connectivity index (χ2v) is 4.64. The molecular formula is C10H13N3O3S. The average Bonchev–Trinajstić information content (AvgIpc) is 2.95. The van der Waals surface area contributed by atoms with Crippen LogP contribution in [0.4, 0.5) is 5.13 Å². The lowest BCUT2D eigenvalue weighted by atomic mass is 10.2. The minimum atomic E-state index is -0.490. The number of anilines is 1. The zero-order valence-corrected chi connectivity index (χ0v) is 10.2. The van der Waals surface area contributed by atoms with E-state index >= 15 is 0 Å². The van der Waals surface area contributed by atoms with Gasteiger partial charge in [0.2, 0.25) is 0 Å². The van der Waals surface area contributed by atoms with Crippen LogP contribution in [0.5, 0.6) is 0 Å². The summed E-state index contributed by atoms with van der Waals surface area (Å²) < 4.78 is 4.68. The Balaban J connectivity index is 2.16. The van der Waals surface area contributed by atoms with Crippen molar-refractivity contribution in [2.75, 3.05) is 19.4 Å². The lowest BCUT2D eigenvalue weighted by Crippen LogP contribution is -2.41. The molecule has 1 saturated heterocycles. The van der Waals surface area contributed by atoms with Crippen molar-refractivity contribution in [3.8, 4) is 0 Å². The van der Waals surface area contributed by atoms with Gasteiger partial charge in [0, 0.05) is 11.9 Å². The molecule has 1 fully saturated rings. The lowest BCUT2D eigenvalue weighted by Gasteiger charge is -2.21. The van der Waals surface area contributed by atoms with E-state index in [4.69, 9.17) is 5.73 Å². The number of thiazole rings is 1. The molecule has 92 valence electrons. The molecular weight excluding hydrogens is 242 g/mol. The molecule has 2 rings (SSSR count). The van der Waals surface area contributed by atoms with E-state index in [1.165, 1.54) is 23.3 Å². The van der Waals surface area contributed by atoms with E-state index in [-0.39, 0.29) is 11.9 Å². The van der Waals surface area contributed by atoms with Gasteiger partial charge in [-0.3, -0.25) is 4.79 Å². The molecule has 0 aromatic carbocycles. The maximum atomic E-state index is 12.1. The smallest absolute Gasteiger partial charge is 0.328 e. The molecule has 1 aliphatic rings. The number of likely N-dealkylation sites (tertiary alicyclic amines) is 1. The van der Waals surface area contributed by atoms with E-state index in [0.29, 0.717) is 23.8 Å². The van der Waals surface area contributed by atoms with Crippen molar-refractivity contribution in [2.24, 2.45) is 0 Å². The highest BCUT2D eigenvalue weighted by molar-refractivity contribution is 7.13. The molecule has 2 heterocycles. The second-order valence-electron chi connectivity index (χ2n) is 3.75. The Morgan fingerprint density at radius 1 is 1.65 bits per heavy atom. The fraction of sp³-hybridized carbons (Fsp3) is 0.500. The Labute approximate surface area is 102 Å². The molecule has 0 saturated carbocycles. The molecule has 1 atom stereocenters. The quantitative estimate of drug-likeness (QED) is 0.778. The molecule has 1 aromatic heterocycles. The number of hydrogen-bond acceptors (Lipinski definition) is 6. The number of carbonyl (C=O) groups excluding carboxylic acids is 2. The molecule has 1 aliphatic heterocycles. The van der Waals surface area contributed by atoms with Crippen LogP contribution in [0, 0.1) is 0 Å². The molecule has 0 spiro atoms. The van der Waals surface area contributed by atoms with E-state index in [2.05, 4.69) is 9.72 Å². The molecule has 0 aliphatic carbocycles. The first-order valence-electron chi connectivity index (χ1n) is 5.23. The highest BCUT2D eigenvalue weighted by Crippen LogP contribution is 2.22. The number of hydrogen-bond donors (Lipinski definition) is 1. The molecule has 7 heteroatoms. The number of carbonyl (C=O) groups is 2. The van der Waals surface area contributed by atoms with E-state index in [1.54, 1.807) is 5.38 Å². The monoisotopic (exact) mass is 255 g/mol. The Morgan fingerprint density at radius 2 is 2.41 bits per heavy atom. The second kappa shape index (κ2) is 4.70. The molecule has 17 heavy (non-hydrogen) atoms. The lowest BCUT2D eigenvalue weighted by molar-refractivity contribution is -0.145. The van der Waals surface area contributed by atoms with Crippen LogP contribution in [0.1, 0.15) is 23.3 Å². The van der Waals surface area contributed by atoms with Gasteiger partial charge in [-0.05, 0) is 12.8 Å². The van der Waals surface area contributed by atoms with Crippen molar-refractivity contribution in [2.45, 2.75) is 18.9 Å². The number of rotatable bonds is 2. The molecule has 0 bridgehead atoms. The molecule has 1 unspecified atom stereocenters. The van der Waals surface area contributed by atoms with Gasteiger partial charge in [-0.2, -0.15) is 0 Å². The number of nitrogens with zero attached hydrogens (tertiary/aromatic N) is 2. The summed E-state index contributed by atoms with van der Waals surface area (Å²) in [7, 11) is 1.32. The summed E-state index contributed by atoms with van der Waals surface area (Å²) in [4.78, 5) is 29.0. The summed E-state index contributed by atoms with van der Waals surface area (Å²) in [6.45, 7) is 0.552. The number of ether oxygens (including phenoxy) is 1. The van der Waals surface area contributed by atoms with Gasteiger partial charge in [0.1, 0.15) is 11.7 Å². The highest BCUT2D eigenvalue weighted by Gasteiger charge is 2.35. The third-order valence-electron chi connectivity index (χ3n) is 2.73. The van der Waals surface area contributed by atoms with Crippen LogP contribution < -0.4 is 5.73 Å². The van der Waals surface area contributed by atoms with Gasteiger partial charge < -0.3 is 15.4 Å². The van der Waals surface area contributed by atoms with Gasteiger partial charge in [-0.1, -0.05) is 0 Å². The summed E-state index contributed by atoms with van der Waals surface area (Å²) in [5.74, 6) is -0.634. The Bertz CT molecular complexity index is 446. The van der Waals surface area contributed by atoms with Crippen LogP contribution in [-0.2, 0) is 9.53 Å². The summed E-state index contributed by atoms with van der Waals surface area (Å²) in [5.41, 5.74) is 5.78. The minimum Gasteiger partial charge on any atom is -0.467 e. The van der Waals surface area contributed by atoms with Crippen LogP contribution in [0.3, 0.4) is 0 Å². The van der Waals surface area contributed by atoms with Gasteiger partial charge >= 0.3 is 5.97 Å². The van der Waals surface area contributed by atoms with Gasteiger partial charge in [0.05, 0.1) is 7.11 Å². The zero-order chi connectivity index (χ0) is 12.4. The molecule has 1 amide bonds. The van der Waals surface area contributed by atoms with Crippen molar-refractivity contribution >= 4 is 28.3 Å². The number of aromatic nitrogens is 1. The zero-order valence-electron chi connectivity index (χ0n) is 9.38. The largest absolute Gasteiger partial charge is 0.467 e. The maximum absolute atomic E-state index is 12.1. The van der Waals surface area contributed by atoms with Crippen molar-refractivity contribution in [1.29, 1.82) is 0 Å². The number of methoxy groups -OCH3 is 1. The molecule has 1 aromatic rings. The third kappa shape index (κ3) is 2.23. The SMILES string of the molecule is COC(=O)C1CCCN1C(=O)c1csc(N)n1. The standard InChI is InChI=1S/C10H13N3O3S/c1-16-9(15)7-3-2-4-13(7)8(14)6-5-17-10(11)12-6/h5,7H,2-4H2,1H3,(H2,11,12). The number of esters is 1. The summed E-state index contributed by atoms with van der Waals surface area (Å²) >= 11 is 1.21. The molecule has 6 nitrogen and oxygen atoms in total. The van der Waals surface area contributed by atoms with Gasteiger partial charge in [0.25, 0.3) is 5.91 Å². The molecule has 0 radical (unpaired) electrons. The van der Waals surface area contributed by atoms with Crippen LogP contribution in [0.15, 0.2) is 5.38 Å². The minimum absolute atomic E-state index is 0.258. The fourth-order valence-electron chi connectivity index (χ4n) is 1.92. The van der Waals surface area contributed by atoms with Crippen LogP contribution in [0.25, 0.3) is 0 Å². The van der Waals surface area contributed by atoms with Crippen LogP contribution >= 0.6 is 11.3 Å². The Morgan fingerprint density at radius 3 is 3.00 bits per heavy atom. The van der Waals surface area contributed by atoms with E-state index in [0.717, 1.165) is 6.42 Å². The van der Waals surface area contributed by atoms with E-state index < -0.39 is 6.04 Å². The first-order valence-corrected chi connectivity index (χ1v) is 6.11. The first-order chi connectivity index (χ1) is 8.13. The average molecular weight is 255 g/mol.